The Balaban J connectivity index is 2.72. The number of carbonyl (C=O) groups is 1. The summed E-state index contributed by atoms with van der Waals surface area (Å²) in [6.07, 6.45) is 0.271. The molecule has 16 heavy (non-hydrogen) atoms. The summed E-state index contributed by atoms with van der Waals surface area (Å²) in [4.78, 5) is 11.9. The maximum atomic E-state index is 11.9. The van der Waals surface area contributed by atoms with Crippen molar-refractivity contribution in [2.45, 2.75) is 33.2 Å². The van der Waals surface area contributed by atoms with Crippen LogP contribution < -0.4 is 5.73 Å². The van der Waals surface area contributed by atoms with Crippen molar-refractivity contribution in [1.29, 1.82) is 0 Å². The Bertz CT molecular complexity index is 380. The van der Waals surface area contributed by atoms with Gasteiger partial charge in [-0.15, -0.1) is 0 Å². The van der Waals surface area contributed by atoms with Gasteiger partial charge in [0, 0.05) is 6.42 Å². The molecule has 1 rings (SSSR count). The van der Waals surface area contributed by atoms with Gasteiger partial charge < -0.3 is 10.8 Å². The molecule has 0 heterocycles. The Kier molecular flexibility index (Phi) is 3.70. The molecule has 3 nitrogen and oxygen atoms in total. The standard InChI is InChI=1S/C13H19NO2/c1-13(2,3)12(14)11(16)8-9-5-4-6-10(15)7-9/h4-7,12,15H,8,14H2,1-3H3. The lowest BCUT2D eigenvalue weighted by atomic mass is 9.83. The minimum Gasteiger partial charge on any atom is -0.508 e. The largest absolute Gasteiger partial charge is 0.508 e. The normalized spacial score (nSPS) is 13.5. The first-order chi connectivity index (χ1) is 7.30. The number of nitrogens with two attached hydrogens (primary N) is 1. The summed E-state index contributed by atoms with van der Waals surface area (Å²) in [7, 11) is 0. The topological polar surface area (TPSA) is 63.3 Å². The zero-order valence-electron chi connectivity index (χ0n) is 10.0. The van der Waals surface area contributed by atoms with Crippen LogP contribution in [0.4, 0.5) is 0 Å². The number of phenolic OH excluding ortho intramolecular Hbond substituents is 1. The second-order valence-corrected chi connectivity index (χ2v) is 5.16. The Morgan fingerprint density at radius 1 is 1.44 bits per heavy atom. The van der Waals surface area contributed by atoms with Crippen molar-refractivity contribution in [3.05, 3.63) is 29.8 Å². The van der Waals surface area contributed by atoms with Crippen molar-refractivity contribution in [2.24, 2.45) is 11.1 Å². The van der Waals surface area contributed by atoms with Gasteiger partial charge in [0.15, 0.2) is 5.78 Å². The van der Waals surface area contributed by atoms with Gasteiger partial charge in [0.05, 0.1) is 6.04 Å². The fourth-order valence-corrected chi connectivity index (χ4v) is 1.46. The summed E-state index contributed by atoms with van der Waals surface area (Å²) >= 11 is 0. The molecule has 1 aromatic rings. The maximum Gasteiger partial charge on any atom is 0.154 e. The lowest BCUT2D eigenvalue weighted by molar-refractivity contribution is -0.121. The number of benzene rings is 1. The predicted molar refractivity (Wildman–Crippen MR) is 64.2 cm³/mol. The third-order valence-corrected chi connectivity index (χ3v) is 2.57. The number of rotatable bonds is 3. The minimum absolute atomic E-state index is 0.00176. The first-order valence-electron chi connectivity index (χ1n) is 5.37. The molecule has 3 N–H and O–H groups in total. The van der Waals surface area contributed by atoms with E-state index in [0.29, 0.717) is 0 Å². The third-order valence-electron chi connectivity index (χ3n) is 2.57. The van der Waals surface area contributed by atoms with Crippen LogP contribution in [0.1, 0.15) is 26.3 Å². The average molecular weight is 221 g/mol. The van der Waals surface area contributed by atoms with Gasteiger partial charge in [-0.25, -0.2) is 0 Å². The van der Waals surface area contributed by atoms with Crippen LogP contribution in [0.25, 0.3) is 0 Å². The number of ketones is 1. The van der Waals surface area contributed by atoms with E-state index in [2.05, 4.69) is 0 Å². The summed E-state index contributed by atoms with van der Waals surface area (Å²) in [6, 6.07) is 6.23. The van der Waals surface area contributed by atoms with E-state index in [1.54, 1.807) is 18.2 Å². The summed E-state index contributed by atoms with van der Waals surface area (Å²) in [5.41, 5.74) is 6.44. The van der Waals surface area contributed by atoms with Crippen LogP contribution in [0.15, 0.2) is 24.3 Å². The first kappa shape index (κ1) is 12.7. The molecule has 3 heteroatoms. The Hall–Kier alpha value is -1.35. The molecule has 0 aliphatic heterocycles. The maximum absolute atomic E-state index is 11.9. The Morgan fingerprint density at radius 3 is 2.56 bits per heavy atom. The van der Waals surface area contributed by atoms with E-state index in [1.165, 1.54) is 0 Å². The number of hydrogen-bond donors (Lipinski definition) is 2. The number of aromatic hydroxyl groups is 1. The van der Waals surface area contributed by atoms with Crippen LogP contribution in [0.5, 0.6) is 5.75 Å². The van der Waals surface area contributed by atoms with Crippen LogP contribution in [-0.2, 0) is 11.2 Å². The fourth-order valence-electron chi connectivity index (χ4n) is 1.46. The molecule has 0 saturated carbocycles. The molecule has 0 saturated heterocycles. The third kappa shape index (κ3) is 3.35. The van der Waals surface area contributed by atoms with Gasteiger partial charge in [0.2, 0.25) is 0 Å². The van der Waals surface area contributed by atoms with Gasteiger partial charge in [0.1, 0.15) is 5.75 Å². The van der Waals surface area contributed by atoms with E-state index in [-0.39, 0.29) is 23.4 Å². The Morgan fingerprint density at radius 2 is 2.06 bits per heavy atom. The van der Waals surface area contributed by atoms with Crippen LogP contribution in [0.3, 0.4) is 0 Å². The number of phenols is 1. The van der Waals surface area contributed by atoms with Crippen molar-refractivity contribution in [3.8, 4) is 5.75 Å². The van der Waals surface area contributed by atoms with Crippen LogP contribution in [0, 0.1) is 5.41 Å². The second-order valence-electron chi connectivity index (χ2n) is 5.16. The van der Waals surface area contributed by atoms with Gasteiger partial charge in [-0.05, 0) is 23.1 Å². The molecule has 0 aliphatic rings. The highest BCUT2D eigenvalue weighted by Crippen LogP contribution is 2.20. The highest BCUT2D eigenvalue weighted by molar-refractivity contribution is 5.86. The predicted octanol–water partition coefficient (Wildman–Crippen LogP) is 1.88. The van der Waals surface area contributed by atoms with Gasteiger partial charge in [-0.3, -0.25) is 4.79 Å². The number of hydrogen-bond acceptors (Lipinski definition) is 3. The quantitative estimate of drug-likeness (QED) is 0.819. The highest BCUT2D eigenvalue weighted by atomic mass is 16.3. The van der Waals surface area contributed by atoms with Gasteiger partial charge in [-0.2, -0.15) is 0 Å². The molecule has 0 spiro atoms. The van der Waals surface area contributed by atoms with Crippen LogP contribution >= 0.6 is 0 Å². The average Bonchev–Trinajstić information content (AvgIpc) is 2.15. The zero-order chi connectivity index (χ0) is 12.3. The molecule has 1 aromatic carbocycles. The van der Waals surface area contributed by atoms with Crippen molar-refractivity contribution >= 4 is 5.78 Å². The molecular weight excluding hydrogens is 202 g/mol. The molecule has 0 fully saturated rings. The molecular formula is C13H19NO2. The summed E-state index contributed by atoms with van der Waals surface area (Å²) in [5.74, 6) is 0.174. The van der Waals surface area contributed by atoms with Gasteiger partial charge in [-0.1, -0.05) is 32.9 Å². The molecule has 0 bridgehead atoms. The lowest BCUT2D eigenvalue weighted by Gasteiger charge is -2.25. The first-order valence-corrected chi connectivity index (χ1v) is 5.37. The molecule has 88 valence electrons. The van der Waals surface area contributed by atoms with Crippen molar-refractivity contribution in [1.82, 2.24) is 0 Å². The van der Waals surface area contributed by atoms with Gasteiger partial charge in [0.25, 0.3) is 0 Å². The molecule has 0 aromatic heterocycles. The van der Waals surface area contributed by atoms with Crippen LogP contribution in [-0.4, -0.2) is 16.9 Å². The minimum atomic E-state index is -0.477. The number of carbonyl (C=O) groups excluding carboxylic acids is 1. The van der Waals surface area contributed by atoms with E-state index in [1.807, 2.05) is 26.8 Å². The molecule has 1 unspecified atom stereocenters. The smallest absolute Gasteiger partial charge is 0.154 e. The highest BCUT2D eigenvalue weighted by Gasteiger charge is 2.27. The zero-order valence-corrected chi connectivity index (χ0v) is 10.0. The molecule has 1 atom stereocenters. The summed E-state index contributed by atoms with van der Waals surface area (Å²) in [5, 5.41) is 9.28. The van der Waals surface area contributed by atoms with Crippen molar-refractivity contribution < 1.29 is 9.90 Å². The second kappa shape index (κ2) is 4.66. The van der Waals surface area contributed by atoms with E-state index in [0.717, 1.165) is 5.56 Å². The van der Waals surface area contributed by atoms with Crippen molar-refractivity contribution in [2.75, 3.05) is 0 Å². The van der Waals surface area contributed by atoms with E-state index in [4.69, 9.17) is 5.73 Å². The monoisotopic (exact) mass is 221 g/mol. The van der Waals surface area contributed by atoms with E-state index < -0.39 is 6.04 Å². The Labute approximate surface area is 96.3 Å². The van der Waals surface area contributed by atoms with E-state index >= 15 is 0 Å². The lowest BCUT2D eigenvalue weighted by Crippen LogP contribution is -2.43. The summed E-state index contributed by atoms with van der Waals surface area (Å²) in [6.45, 7) is 5.83. The SMILES string of the molecule is CC(C)(C)C(N)C(=O)Cc1cccc(O)c1. The summed E-state index contributed by atoms with van der Waals surface area (Å²) < 4.78 is 0. The fraction of sp³-hybridized carbons (Fsp3) is 0.462. The van der Waals surface area contributed by atoms with Gasteiger partial charge >= 0.3 is 0 Å². The molecule has 0 amide bonds. The molecule has 0 aliphatic carbocycles. The molecule has 0 radical (unpaired) electrons. The van der Waals surface area contributed by atoms with Crippen LogP contribution in [0.2, 0.25) is 0 Å². The van der Waals surface area contributed by atoms with Crippen molar-refractivity contribution in [3.63, 3.8) is 0 Å². The van der Waals surface area contributed by atoms with E-state index in [9.17, 15) is 9.90 Å². The number of Topliss-reactive ketones (excluding diaryl/α,β-unsaturated/α-hetero) is 1.